The number of ether oxygens (including phenoxy) is 2. The largest absolute Gasteiger partial charge is 0.479 e. The Morgan fingerprint density at radius 1 is 0.808 bits per heavy atom. The van der Waals surface area contributed by atoms with Crippen molar-refractivity contribution in [3.63, 3.8) is 0 Å². The molecular weight excluding hydrogens is 352 g/mol. The molecule has 0 spiro atoms. The minimum atomic E-state index is -2.27. The van der Waals surface area contributed by atoms with E-state index in [1.165, 1.54) is 0 Å². The van der Waals surface area contributed by atoms with Crippen LogP contribution >= 0.6 is 0 Å². The second-order valence-electron chi connectivity index (χ2n) is 5.98. The molecule has 0 aromatic heterocycles. The lowest BCUT2D eigenvalue weighted by atomic mass is 10.2. The Kier molecular flexibility index (Phi) is 19.4. The maximum absolute atomic E-state index is 9.77. The molecule has 0 heterocycles. The van der Waals surface area contributed by atoms with Crippen LogP contribution < -0.4 is 0 Å². The molecule has 0 saturated carbocycles. The van der Waals surface area contributed by atoms with Crippen LogP contribution in [0.1, 0.15) is 41.5 Å². The summed E-state index contributed by atoms with van der Waals surface area (Å²) in [5.41, 5.74) is 0. The number of aliphatic hydroxyl groups is 4. The van der Waals surface area contributed by atoms with Crippen LogP contribution in [0.2, 0.25) is 0 Å². The van der Waals surface area contributed by atoms with E-state index in [9.17, 15) is 9.59 Å². The van der Waals surface area contributed by atoms with Gasteiger partial charge >= 0.3 is 11.9 Å². The quantitative estimate of drug-likeness (QED) is 0.302. The van der Waals surface area contributed by atoms with Gasteiger partial charge < -0.3 is 40.1 Å². The second kappa shape index (κ2) is 17.1. The van der Waals surface area contributed by atoms with Gasteiger partial charge in [-0.15, -0.1) is 0 Å². The van der Waals surface area contributed by atoms with Gasteiger partial charge in [0.05, 0.1) is 37.6 Å². The lowest BCUT2D eigenvalue weighted by Crippen LogP contribution is -2.39. The summed E-state index contributed by atoms with van der Waals surface area (Å²) in [5, 5.41) is 49.7. The smallest absolute Gasteiger partial charge is 0.335 e. The van der Waals surface area contributed by atoms with Gasteiger partial charge in [0.1, 0.15) is 0 Å². The summed E-state index contributed by atoms with van der Waals surface area (Å²) in [6, 6.07) is 0. The number of aliphatic hydroxyl groups excluding tert-OH is 4. The number of aliphatic carboxylic acids is 2. The van der Waals surface area contributed by atoms with Crippen molar-refractivity contribution in [3.05, 3.63) is 0 Å². The lowest BCUT2D eigenvalue weighted by Gasteiger charge is -2.10. The van der Waals surface area contributed by atoms with E-state index >= 15 is 0 Å². The van der Waals surface area contributed by atoms with Crippen molar-refractivity contribution in [2.45, 2.75) is 78.2 Å². The maximum atomic E-state index is 9.77. The first-order valence-electron chi connectivity index (χ1n) is 8.13. The fourth-order valence-corrected chi connectivity index (χ4v) is 1.17. The predicted octanol–water partition coefficient (Wildman–Crippen LogP) is -0.538. The minimum absolute atomic E-state index is 0.00667. The first kappa shape index (κ1) is 29.5. The number of hydrogen-bond acceptors (Lipinski definition) is 8. The Morgan fingerprint density at radius 3 is 1.31 bits per heavy atom. The van der Waals surface area contributed by atoms with Gasteiger partial charge in [0, 0.05) is 0 Å². The van der Waals surface area contributed by atoms with E-state index in [1.54, 1.807) is 13.8 Å². The first-order chi connectivity index (χ1) is 11.8. The summed E-state index contributed by atoms with van der Waals surface area (Å²) < 4.78 is 10.2. The zero-order valence-electron chi connectivity index (χ0n) is 16.2. The Bertz CT molecular complexity index is 333. The molecule has 158 valence electrons. The molecule has 0 bridgehead atoms. The van der Waals surface area contributed by atoms with Gasteiger partial charge in [-0.1, -0.05) is 0 Å². The number of carboxylic acid groups (broad SMARTS) is 2. The van der Waals surface area contributed by atoms with Gasteiger partial charge in [-0.3, -0.25) is 0 Å². The first-order valence-corrected chi connectivity index (χ1v) is 8.13. The average molecular weight is 386 g/mol. The molecule has 0 aliphatic rings. The summed E-state index contributed by atoms with van der Waals surface area (Å²) in [5.74, 6) is -3.54. The van der Waals surface area contributed by atoms with Crippen LogP contribution in [0.4, 0.5) is 0 Å². The van der Waals surface area contributed by atoms with Crippen molar-refractivity contribution >= 4 is 11.9 Å². The van der Waals surface area contributed by atoms with Crippen LogP contribution in [0.3, 0.4) is 0 Å². The number of rotatable bonds is 9. The van der Waals surface area contributed by atoms with Crippen molar-refractivity contribution in [1.29, 1.82) is 0 Å². The minimum Gasteiger partial charge on any atom is -0.479 e. The molecule has 0 radical (unpaired) electrons. The lowest BCUT2D eigenvalue weighted by molar-refractivity contribution is -0.165. The number of carboxylic acids is 2. The fourth-order valence-electron chi connectivity index (χ4n) is 1.17. The highest BCUT2D eigenvalue weighted by Crippen LogP contribution is 1.93. The molecule has 10 heteroatoms. The van der Waals surface area contributed by atoms with Crippen molar-refractivity contribution in [1.82, 2.24) is 0 Å². The SMILES string of the molecule is CC(C)OC(C)C.CC(O)COC(C)CO.O=C(O)C(O)C(O)C(=O)O. The molecule has 0 aromatic rings. The zero-order chi connectivity index (χ0) is 21.4. The van der Waals surface area contributed by atoms with E-state index in [0.29, 0.717) is 18.8 Å². The maximum Gasteiger partial charge on any atom is 0.335 e. The van der Waals surface area contributed by atoms with Crippen LogP contribution in [0.25, 0.3) is 0 Å². The van der Waals surface area contributed by atoms with E-state index in [2.05, 4.69) is 0 Å². The second-order valence-corrected chi connectivity index (χ2v) is 5.98. The van der Waals surface area contributed by atoms with Crippen molar-refractivity contribution in [2.24, 2.45) is 0 Å². The Labute approximate surface area is 154 Å². The van der Waals surface area contributed by atoms with Crippen LogP contribution in [0.5, 0.6) is 0 Å². The molecule has 0 aliphatic carbocycles. The topological polar surface area (TPSA) is 174 Å². The highest BCUT2D eigenvalue weighted by Gasteiger charge is 2.29. The molecule has 0 aromatic carbocycles. The average Bonchev–Trinajstić information content (AvgIpc) is 2.50. The molecule has 0 saturated heterocycles. The number of carbonyl (C=O) groups is 2. The van der Waals surface area contributed by atoms with Crippen LogP contribution in [-0.4, -0.2) is 92.4 Å². The standard InChI is InChI=1S/C6H14O3.C6H14O.C4H6O6/c1-5(8)4-9-6(2)3-7;1-5(2)7-6(3)4;5-1(3(7)8)2(6)4(9)10/h5-8H,3-4H2,1-2H3;5-6H,1-4H3;1-2,5-6H,(H,7,8)(H,9,10). The Balaban J connectivity index is -0.000000310. The zero-order valence-corrected chi connectivity index (χ0v) is 16.2. The molecule has 0 rings (SSSR count). The summed E-state index contributed by atoms with van der Waals surface area (Å²) >= 11 is 0. The normalized spacial score (nSPS) is 15.1. The Hall–Kier alpha value is -1.30. The van der Waals surface area contributed by atoms with Gasteiger partial charge in [-0.2, -0.15) is 0 Å². The van der Waals surface area contributed by atoms with E-state index < -0.39 is 30.3 Å². The molecular formula is C16H34O10. The predicted molar refractivity (Wildman–Crippen MR) is 92.8 cm³/mol. The fraction of sp³-hybridized carbons (Fsp3) is 0.875. The monoisotopic (exact) mass is 386 g/mol. The number of hydrogen-bond donors (Lipinski definition) is 6. The van der Waals surface area contributed by atoms with Crippen LogP contribution in [0.15, 0.2) is 0 Å². The summed E-state index contributed by atoms with van der Waals surface area (Å²) in [6.45, 7) is 11.9. The van der Waals surface area contributed by atoms with Crippen LogP contribution in [0, 0.1) is 0 Å². The molecule has 6 N–H and O–H groups in total. The summed E-state index contributed by atoms with van der Waals surface area (Å²) in [4.78, 5) is 19.5. The molecule has 0 fully saturated rings. The molecule has 26 heavy (non-hydrogen) atoms. The highest BCUT2D eigenvalue weighted by atomic mass is 16.5. The van der Waals surface area contributed by atoms with Gasteiger partial charge in [-0.05, 0) is 41.5 Å². The third-order valence-corrected chi connectivity index (χ3v) is 2.23. The third-order valence-electron chi connectivity index (χ3n) is 2.23. The third kappa shape index (κ3) is 22.7. The molecule has 0 amide bonds. The molecule has 4 atom stereocenters. The van der Waals surface area contributed by atoms with Gasteiger partial charge in [0.25, 0.3) is 0 Å². The van der Waals surface area contributed by atoms with Crippen LogP contribution in [-0.2, 0) is 19.1 Å². The van der Waals surface area contributed by atoms with Gasteiger partial charge in [-0.25, -0.2) is 9.59 Å². The van der Waals surface area contributed by atoms with E-state index in [4.69, 9.17) is 40.1 Å². The van der Waals surface area contributed by atoms with E-state index in [-0.39, 0.29) is 12.7 Å². The van der Waals surface area contributed by atoms with Crippen molar-refractivity contribution in [3.8, 4) is 0 Å². The van der Waals surface area contributed by atoms with Gasteiger partial charge in [0.15, 0.2) is 12.2 Å². The van der Waals surface area contributed by atoms with E-state index in [1.807, 2.05) is 27.7 Å². The summed E-state index contributed by atoms with van der Waals surface area (Å²) in [6.07, 6.45) is -4.39. The van der Waals surface area contributed by atoms with Gasteiger partial charge in [0.2, 0.25) is 0 Å². The Morgan fingerprint density at radius 2 is 1.15 bits per heavy atom. The molecule has 0 aliphatic heterocycles. The van der Waals surface area contributed by atoms with Crippen molar-refractivity contribution < 1.29 is 49.7 Å². The highest BCUT2D eigenvalue weighted by molar-refractivity contribution is 5.83. The van der Waals surface area contributed by atoms with E-state index in [0.717, 1.165) is 0 Å². The molecule has 10 nitrogen and oxygen atoms in total. The molecule has 4 unspecified atom stereocenters. The van der Waals surface area contributed by atoms with Crippen molar-refractivity contribution in [2.75, 3.05) is 13.2 Å². The summed E-state index contributed by atoms with van der Waals surface area (Å²) in [7, 11) is 0.